The highest BCUT2D eigenvalue weighted by molar-refractivity contribution is 5.62. The van der Waals surface area contributed by atoms with Crippen molar-refractivity contribution in [2.75, 3.05) is 0 Å². The van der Waals surface area contributed by atoms with Crippen LogP contribution in [0.5, 0.6) is 0 Å². The Morgan fingerprint density at radius 3 is 2.55 bits per heavy atom. The molecule has 0 atom stereocenters. The van der Waals surface area contributed by atoms with E-state index in [0.717, 1.165) is 28.3 Å². The first-order valence-electron chi connectivity index (χ1n) is 6.92. The van der Waals surface area contributed by atoms with Gasteiger partial charge < -0.3 is 0 Å². The van der Waals surface area contributed by atoms with Gasteiger partial charge >= 0.3 is 0 Å². The Labute approximate surface area is 121 Å². The molecule has 0 aliphatic heterocycles. The number of benzene rings is 1. The lowest BCUT2D eigenvalue weighted by molar-refractivity contribution is 0.747. The van der Waals surface area contributed by atoms with Crippen molar-refractivity contribution in [3.63, 3.8) is 0 Å². The van der Waals surface area contributed by atoms with Gasteiger partial charge in [-0.05, 0) is 42.7 Å². The van der Waals surface area contributed by atoms with Crippen LogP contribution in [-0.2, 0) is 0 Å². The van der Waals surface area contributed by atoms with Gasteiger partial charge in [0.05, 0.1) is 17.6 Å². The molecule has 0 aliphatic carbocycles. The monoisotopic (exact) mass is 266 g/mol. The Morgan fingerprint density at radius 1 is 1.35 bits per heavy atom. The van der Waals surface area contributed by atoms with Crippen LogP contribution in [0.4, 0.5) is 0 Å². The topological polar surface area (TPSA) is 17.8 Å². The highest BCUT2D eigenvalue weighted by atomic mass is 15.1. The van der Waals surface area contributed by atoms with Crippen molar-refractivity contribution >= 4 is 11.6 Å². The van der Waals surface area contributed by atoms with E-state index in [-0.39, 0.29) is 0 Å². The summed E-state index contributed by atoms with van der Waals surface area (Å²) in [6.07, 6.45) is 3.78. The van der Waals surface area contributed by atoms with E-state index in [0.29, 0.717) is 5.92 Å². The zero-order chi connectivity index (χ0) is 14.9. The third kappa shape index (κ3) is 2.46. The molecule has 2 aromatic rings. The number of hydrogen-bond donors (Lipinski definition) is 0. The maximum Gasteiger partial charge on any atom is 0.116 e. The largest absolute Gasteiger partial charge is 0.296 e. The van der Waals surface area contributed by atoms with E-state index in [1.807, 2.05) is 19.2 Å². The molecule has 2 heteroatoms. The summed E-state index contributed by atoms with van der Waals surface area (Å²) in [6.45, 7) is 16.4. The summed E-state index contributed by atoms with van der Waals surface area (Å²) in [5.41, 5.74) is 5.61. The Morgan fingerprint density at radius 2 is 2.05 bits per heavy atom. The third-order valence-electron chi connectivity index (χ3n) is 3.44. The zero-order valence-electron chi connectivity index (χ0n) is 12.8. The van der Waals surface area contributed by atoms with Gasteiger partial charge in [0.15, 0.2) is 0 Å². The standard InChI is InChI=1S/C18H22N2/c1-7-15-8-9-16(14(6)10-15)20-17(12(2)3)11-19-18(20)13(4)5/h7-11,13H,1-2H2,3-6H3. The van der Waals surface area contributed by atoms with Gasteiger partial charge in [0.2, 0.25) is 0 Å². The number of hydrogen-bond acceptors (Lipinski definition) is 1. The molecule has 0 saturated carbocycles. The van der Waals surface area contributed by atoms with E-state index in [1.165, 1.54) is 5.56 Å². The predicted molar refractivity (Wildman–Crippen MR) is 87.2 cm³/mol. The summed E-state index contributed by atoms with van der Waals surface area (Å²) < 4.78 is 2.22. The molecule has 1 aromatic heterocycles. The minimum absolute atomic E-state index is 0.363. The van der Waals surface area contributed by atoms with Gasteiger partial charge in [0, 0.05) is 5.92 Å². The van der Waals surface area contributed by atoms with Crippen LogP contribution in [-0.4, -0.2) is 9.55 Å². The highest BCUT2D eigenvalue weighted by Crippen LogP contribution is 2.27. The smallest absolute Gasteiger partial charge is 0.116 e. The van der Waals surface area contributed by atoms with E-state index in [2.05, 4.69) is 61.7 Å². The van der Waals surface area contributed by atoms with Crippen molar-refractivity contribution in [2.45, 2.75) is 33.6 Å². The molecule has 20 heavy (non-hydrogen) atoms. The molecule has 0 bridgehead atoms. The van der Waals surface area contributed by atoms with Gasteiger partial charge in [-0.3, -0.25) is 4.57 Å². The molecule has 2 nitrogen and oxygen atoms in total. The SMILES string of the molecule is C=Cc1ccc(-n2c(C(=C)C)cnc2C(C)C)c(C)c1. The van der Waals surface area contributed by atoms with Crippen LogP contribution in [0.15, 0.2) is 37.6 Å². The van der Waals surface area contributed by atoms with Crippen molar-refractivity contribution in [1.82, 2.24) is 9.55 Å². The van der Waals surface area contributed by atoms with Gasteiger partial charge in [-0.15, -0.1) is 0 Å². The van der Waals surface area contributed by atoms with Crippen LogP contribution in [0.1, 0.15) is 49.3 Å². The lowest BCUT2D eigenvalue weighted by Gasteiger charge is -2.16. The van der Waals surface area contributed by atoms with Crippen LogP contribution in [0.2, 0.25) is 0 Å². The molecule has 0 fully saturated rings. The molecule has 1 aromatic carbocycles. The molecule has 0 radical (unpaired) electrons. The molecule has 104 valence electrons. The fourth-order valence-electron chi connectivity index (χ4n) is 2.38. The number of aromatic nitrogens is 2. The summed E-state index contributed by atoms with van der Waals surface area (Å²) in [5, 5.41) is 0. The first kappa shape index (κ1) is 14.3. The molecule has 2 rings (SSSR count). The summed E-state index contributed by atoms with van der Waals surface area (Å²) in [7, 11) is 0. The zero-order valence-corrected chi connectivity index (χ0v) is 12.8. The number of rotatable bonds is 4. The third-order valence-corrected chi connectivity index (χ3v) is 3.44. The molecular formula is C18H22N2. The van der Waals surface area contributed by atoms with Crippen molar-refractivity contribution in [2.24, 2.45) is 0 Å². The number of aryl methyl sites for hydroxylation is 1. The highest BCUT2D eigenvalue weighted by Gasteiger charge is 2.16. The van der Waals surface area contributed by atoms with E-state index in [9.17, 15) is 0 Å². The van der Waals surface area contributed by atoms with Crippen LogP contribution >= 0.6 is 0 Å². The van der Waals surface area contributed by atoms with Crippen molar-refractivity contribution < 1.29 is 0 Å². The Hall–Kier alpha value is -2.09. The minimum Gasteiger partial charge on any atom is -0.296 e. The van der Waals surface area contributed by atoms with Crippen LogP contribution in [0, 0.1) is 6.92 Å². The molecule has 0 unspecified atom stereocenters. The summed E-state index contributed by atoms with van der Waals surface area (Å²) in [6, 6.07) is 6.36. The van der Waals surface area contributed by atoms with E-state index >= 15 is 0 Å². The second-order valence-corrected chi connectivity index (χ2v) is 5.52. The molecule has 1 heterocycles. The second-order valence-electron chi connectivity index (χ2n) is 5.52. The summed E-state index contributed by atoms with van der Waals surface area (Å²) >= 11 is 0. The fraction of sp³-hybridized carbons (Fsp3) is 0.278. The molecule has 0 aliphatic rings. The van der Waals surface area contributed by atoms with Crippen molar-refractivity contribution in [1.29, 1.82) is 0 Å². The maximum atomic E-state index is 4.58. The average molecular weight is 266 g/mol. The Kier molecular flexibility index (Phi) is 3.93. The fourth-order valence-corrected chi connectivity index (χ4v) is 2.38. The maximum absolute atomic E-state index is 4.58. The van der Waals surface area contributed by atoms with Gasteiger partial charge in [-0.1, -0.05) is 39.1 Å². The van der Waals surface area contributed by atoms with Crippen molar-refractivity contribution in [3.8, 4) is 5.69 Å². The lowest BCUT2D eigenvalue weighted by atomic mass is 10.1. The first-order chi connectivity index (χ1) is 9.45. The molecular weight excluding hydrogens is 244 g/mol. The predicted octanol–water partition coefficient (Wildman–Crippen LogP) is 4.98. The quantitative estimate of drug-likeness (QED) is 0.763. The van der Waals surface area contributed by atoms with Gasteiger partial charge in [-0.2, -0.15) is 0 Å². The van der Waals surface area contributed by atoms with Crippen LogP contribution in [0.3, 0.4) is 0 Å². The molecule has 0 amide bonds. The van der Waals surface area contributed by atoms with E-state index in [4.69, 9.17) is 0 Å². The van der Waals surface area contributed by atoms with E-state index in [1.54, 1.807) is 0 Å². The summed E-state index contributed by atoms with van der Waals surface area (Å²) in [5.74, 6) is 1.43. The molecule has 0 saturated heterocycles. The van der Waals surface area contributed by atoms with Gasteiger partial charge in [0.1, 0.15) is 5.82 Å². The van der Waals surface area contributed by atoms with Gasteiger partial charge in [-0.25, -0.2) is 4.98 Å². The Balaban J connectivity index is 2.70. The number of allylic oxidation sites excluding steroid dienone is 1. The first-order valence-corrected chi connectivity index (χ1v) is 6.92. The average Bonchev–Trinajstić information content (AvgIpc) is 2.83. The van der Waals surface area contributed by atoms with E-state index < -0.39 is 0 Å². The normalized spacial score (nSPS) is 10.8. The minimum atomic E-state index is 0.363. The molecule has 0 spiro atoms. The molecule has 0 N–H and O–H groups in total. The van der Waals surface area contributed by atoms with Crippen LogP contribution < -0.4 is 0 Å². The summed E-state index contributed by atoms with van der Waals surface area (Å²) in [4.78, 5) is 4.58. The van der Waals surface area contributed by atoms with Crippen molar-refractivity contribution in [3.05, 3.63) is 60.2 Å². The lowest BCUT2D eigenvalue weighted by Crippen LogP contribution is -2.07. The number of nitrogens with zero attached hydrogens (tertiary/aromatic N) is 2. The Bertz CT molecular complexity index is 660. The number of imidazole rings is 1. The van der Waals surface area contributed by atoms with Crippen LogP contribution in [0.25, 0.3) is 17.3 Å². The van der Waals surface area contributed by atoms with Gasteiger partial charge in [0.25, 0.3) is 0 Å². The second kappa shape index (κ2) is 5.49.